The van der Waals surface area contributed by atoms with Crippen LogP contribution < -0.4 is 0 Å². The molecule has 51 heavy (non-hydrogen) atoms. The molecule has 4 aliphatic carbocycles. The van der Waals surface area contributed by atoms with Gasteiger partial charge in [-0.2, -0.15) is 0 Å². The Bertz CT molecular complexity index is 1790. The summed E-state index contributed by atoms with van der Waals surface area (Å²) < 4.78 is 33.5. The highest BCUT2D eigenvalue weighted by Gasteiger charge is 2.76. The van der Waals surface area contributed by atoms with E-state index in [1.165, 1.54) is 25.2 Å². The number of Topliss-reactive ketones (excluding diaryl/α,β-unsaturated/α-hetero) is 1. The molecule has 14 nitrogen and oxygen atoms in total. The molecule has 5 rings (SSSR count). The van der Waals surface area contributed by atoms with Gasteiger partial charge < -0.3 is 28.4 Å². The molecule has 0 aromatic heterocycles. The SMILES string of the molecule is COC(=O)[C@@]1(C)C(=O)C=C[C@@]2(C)C1=C(OC(C)=O)C(=O)[C@]1(C)C3=CC[C@@H](C4=C[C@H](OC(C)=O)OC4=O)[C@@]3(C)[C@@H](OC(=O)C(C)C)[C@H](OC(C)=O)[C@H]12. The summed E-state index contributed by atoms with van der Waals surface area (Å²) in [7, 11) is 1.07. The lowest BCUT2D eigenvalue weighted by atomic mass is 9.40. The minimum absolute atomic E-state index is 0.0801. The average Bonchev–Trinajstić information content (AvgIpc) is 3.57. The van der Waals surface area contributed by atoms with Gasteiger partial charge in [0.25, 0.3) is 6.29 Å². The van der Waals surface area contributed by atoms with Crippen LogP contribution in [0.2, 0.25) is 0 Å². The fraction of sp³-hybridized carbons (Fsp3) is 0.568. The molecule has 274 valence electrons. The van der Waals surface area contributed by atoms with Crippen molar-refractivity contribution in [3.05, 3.63) is 46.8 Å². The minimum atomic E-state index is -2.16. The number of allylic oxidation sites excluding steroid dienone is 4. The number of cyclic esters (lactones) is 1. The number of carbonyl (C=O) groups is 8. The molecule has 1 fully saturated rings. The van der Waals surface area contributed by atoms with Crippen molar-refractivity contribution >= 4 is 47.4 Å². The molecule has 0 saturated heterocycles. The van der Waals surface area contributed by atoms with E-state index in [0.717, 1.165) is 27.9 Å². The Morgan fingerprint density at radius 3 is 2.08 bits per heavy atom. The quantitative estimate of drug-likeness (QED) is 0.162. The molecule has 0 aromatic rings. The fourth-order valence-electron chi connectivity index (χ4n) is 9.24. The molecule has 9 atom stereocenters. The maximum Gasteiger partial charge on any atom is 0.337 e. The first-order valence-corrected chi connectivity index (χ1v) is 16.6. The lowest BCUT2D eigenvalue weighted by molar-refractivity contribution is -0.211. The van der Waals surface area contributed by atoms with Crippen LogP contribution in [0.3, 0.4) is 0 Å². The smallest absolute Gasteiger partial charge is 0.337 e. The molecule has 0 spiro atoms. The number of hydrogen-bond acceptors (Lipinski definition) is 14. The number of carbonyl (C=O) groups excluding carboxylic acids is 8. The van der Waals surface area contributed by atoms with E-state index in [2.05, 4.69) is 0 Å². The van der Waals surface area contributed by atoms with Gasteiger partial charge in [-0.1, -0.05) is 39.8 Å². The molecule has 5 aliphatic rings. The van der Waals surface area contributed by atoms with Crippen molar-refractivity contribution in [1.29, 1.82) is 0 Å². The van der Waals surface area contributed by atoms with Gasteiger partial charge in [-0.15, -0.1) is 0 Å². The van der Waals surface area contributed by atoms with Crippen molar-refractivity contribution in [2.24, 2.45) is 39.4 Å². The standard InChI is InChI=1S/C37H42O14/c1-16(2)31(43)51-30-26(49-19(5)40)28-34(6)14-13-23(41)37(9,33(45)46-10)27(34)25(48-18(4)39)29(42)36(28,8)22-12-11-21(35(22,30)7)20-15-24(47-17(3)38)50-32(20)44/h12-16,21,24,26,28,30H,11H2,1-10H3/t21-,24+,26+,28-,30-,34-,35+,36+,37-/m0/s1. The molecule has 0 aromatic carbocycles. The Kier molecular flexibility index (Phi) is 9.10. The van der Waals surface area contributed by atoms with Crippen molar-refractivity contribution in [2.75, 3.05) is 7.11 Å². The summed E-state index contributed by atoms with van der Waals surface area (Å²) >= 11 is 0. The average molecular weight is 711 g/mol. The lowest BCUT2D eigenvalue weighted by Crippen LogP contribution is -2.70. The Morgan fingerprint density at radius 2 is 1.53 bits per heavy atom. The van der Waals surface area contributed by atoms with Gasteiger partial charge in [0.15, 0.2) is 17.0 Å². The summed E-state index contributed by atoms with van der Waals surface area (Å²) in [6.45, 7) is 12.7. The van der Waals surface area contributed by atoms with E-state index in [1.54, 1.807) is 40.7 Å². The van der Waals surface area contributed by atoms with E-state index >= 15 is 4.79 Å². The molecular weight excluding hydrogens is 668 g/mol. The predicted molar refractivity (Wildman–Crippen MR) is 172 cm³/mol. The molecule has 0 N–H and O–H groups in total. The minimum Gasteiger partial charge on any atom is -0.468 e. The predicted octanol–water partition coefficient (Wildman–Crippen LogP) is 3.17. The zero-order valence-electron chi connectivity index (χ0n) is 30.2. The van der Waals surface area contributed by atoms with Crippen LogP contribution in [-0.4, -0.2) is 73.0 Å². The molecule has 1 heterocycles. The van der Waals surface area contributed by atoms with Crippen LogP contribution in [-0.2, 0) is 66.8 Å². The number of methoxy groups -OCH3 is 1. The third-order valence-electron chi connectivity index (χ3n) is 11.2. The van der Waals surface area contributed by atoms with Crippen LogP contribution in [0, 0.1) is 39.4 Å². The van der Waals surface area contributed by atoms with E-state index in [-0.39, 0.29) is 17.6 Å². The van der Waals surface area contributed by atoms with Crippen molar-refractivity contribution in [2.45, 2.75) is 87.2 Å². The zero-order valence-corrected chi connectivity index (χ0v) is 30.2. The monoisotopic (exact) mass is 710 g/mol. The van der Waals surface area contributed by atoms with Crippen molar-refractivity contribution in [1.82, 2.24) is 0 Å². The van der Waals surface area contributed by atoms with Crippen LogP contribution in [0.15, 0.2) is 46.8 Å². The van der Waals surface area contributed by atoms with Gasteiger partial charge in [-0.25, -0.2) is 4.79 Å². The topological polar surface area (TPSA) is 192 Å². The number of esters is 6. The molecule has 1 saturated carbocycles. The maximum atomic E-state index is 15.3. The van der Waals surface area contributed by atoms with Crippen molar-refractivity contribution in [3.63, 3.8) is 0 Å². The van der Waals surface area contributed by atoms with Gasteiger partial charge in [-0.05, 0) is 31.9 Å². The van der Waals surface area contributed by atoms with Crippen molar-refractivity contribution in [3.8, 4) is 0 Å². The second-order valence-corrected chi connectivity index (χ2v) is 14.7. The van der Waals surface area contributed by atoms with Crippen LogP contribution in [0.4, 0.5) is 0 Å². The van der Waals surface area contributed by atoms with Crippen LogP contribution in [0.25, 0.3) is 0 Å². The molecule has 0 bridgehead atoms. The highest BCUT2D eigenvalue weighted by Crippen LogP contribution is 2.72. The highest BCUT2D eigenvalue weighted by molar-refractivity contribution is 6.16. The molecular formula is C37H42O14. The summed E-state index contributed by atoms with van der Waals surface area (Å²) in [5, 5.41) is 0. The number of ketones is 2. The molecule has 0 amide bonds. The maximum absolute atomic E-state index is 15.3. The third-order valence-corrected chi connectivity index (χ3v) is 11.2. The molecule has 0 unspecified atom stereocenters. The number of rotatable bonds is 7. The Labute approximate surface area is 294 Å². The molecule has 14 heteroatoms. The second kappa shape index (κ2) is 12.4. The Hall–Kier alpha value is -4.88. The summed E-state index contributed by atoms with van der Waals surface area (Å²) in [6.07, 6.45) is 1.67. The van der Waals surface area contributed by atoms with E-state index in [1.807, 2.05) is 0 Å². The third kappa shape index (κ3) is 5.27. The van der Waals surface area contributed by atoms with Crippen LogP contribution in [0.5, 0.6) is 0 Å². The van der Waals surface area contributed by atoms with E-state index < -0.39 is 111 Å². The Morgan fingerprint density at radius 1 is 0.902 bits per heavy atom. The summed E-state index contributed by atoms with van der Waals surface area (Å²) in [5.41, 5.74) is -6.67. The van der Waals surface area contributed by atoms with Crippen LogP contribution in [0.1, 0.15) is 68.7 Å². The lowest BCUT2D eigenvalue weighted by Gasteiger charge is -2.64. The van der Waals surface area contributed by atoms with Gasteiger partial charge in [0.2, 0.25) is 5.78 Å². The van der Waals surface area contributed by atoms with Crippen LogP contribution >= 0.6 is 0 Å². The van der Waals surface area contributed by atoms with Gasteiger partial charge in [0, 0.05) is 60.7 Å². The highest BCUT2D eigenvalue weighted by atomic mass is 16.7. The van der Waals surface area contributed by atoms with E-state index in [0.29, 0.717) is 5.57 Å². The van der Waals surface area contributed by atoms with Crippen molar-refractivity contribution < 1.29 is 66.8 Å². The zero-order chi connectivity index (χ0) is 38.2. The van der Waals surface area contributed by atoms with E-state index in [4.69, 9.17) is 28.4 Å². The first-order valence-electron chi connectivity index (χ1n) is 16.6. The first kappa shape index (κ1) is 37.4. The Balaban J connectivity index is 1.88. The van der Waals surface area contributed by atoms with Gasteiger partial charge in [0.1, 0.15) is 12.2 Å². The first-order chi connectivity index (χ1) is 23.6. The second-order valence-electron chi connectivity index (χ2n) is 14.7. The summed E-state index contributed by atoms with van der Waals surface area (Å²) in [4.78, 5) is 107. The van der Waals surface area contributed by atoms with Gasteiger partial charge in [-0.3, -0.25) is 33.6 Å². The number of fused-ring (bicyclic) bond motifs is 5. The summed E-state index contributed by atoms with van der Waals surface area (Å²) in [6, 6.07) is 0. The molecule has 0 radical (unpaired) electrons. The fourth-order valence-corrected chi connectivity index (χ4v) is 9.24. The number of ether oxygens (including phenoxy) is 6. The number of hydrogen-bond donors (Lipinski definition) is 0. The molecule has 1 aliphatic heterocycles. The normalized spacial score (nSPS) is 36.6. The van der Waals surface area contributed by atoms with Gasteiger partial charge in [0.05, 0.1) is 18.4 Å². The van der Waals surface area contributed by atoms with Gasteiger partial charge >= 0.3 is 35.8 Å². The largest absolute Gasteiger partial charge is 0.468 e. The van der Waals surface area contributed by atoms with E-state index in [9.17, 15) is 33.6 Å². The summed E-state index contributed by atoms with van der Waals surface area (Å²) in [5.74, 6) is -9.74.